The Bertz CT molecular complexity index is 4480. The van der Waals surface area contributed by atoms with Crippen LogP contribution in [0.3, 0.4) is 0 Å². The van der Waals surface area contributed by atoms with Crippen LogP contribution in [0.15, 0.2) is 143 Å². The van der Waals surface area contributed by atoms with Crippen molar-refractivity contribution < 1.29 is 98.5 Å². The molecule has 40 heteroatoms. The fraction of sp³-hybridized carbons (Fsp3) is 0.447. The van der Waals surface area contributed by atoms with Crippen molar-refractivity contribution in [2.45, 2.75) is 76.4 Å². The maximum absolute atomic E-state index is 14.9. The number of hydrogen-bond donors (Lipinski definition) is 6. The Labute approximate surface area is 692 Å². The first-order valence-electron chi connectivity index (χ1n) is 36.6. The number of alkyl halides is 4. The van der Waals surface area contributed by atoms with Crippen LogP contribution in [0, 0.1) is 35.2 Å². The number of carbonyl (C=O) groups excluding carboxylic acids is 3. The Hall–Kier alpha value is -8.67. The van der Waals surface area contributed by atoms with Gasteiger partial charge >= 0.3 is 35.8 Å². The maximum atomic E-state index is 14.9. The molecule has 6 aliphatic heterocycles. The summed E-state index contributed by atoms with van der Waals surface area (Å²) < 4.78 is 128. The molecule has 3 saturated heterocycles. The summed E-state index contributed by atoms with van der Waals surface area (Å²) in [6.07, 6.45) is 2.64. The van der Waals surface area contributed by atoms with E-state index < -0.39 is 115 Å². The Balaban J connectivity index is 0.000000184. The first-order valence-corrected chi connectivity index (χ1v) is 40.8. The lowest BCUT2D eigenvalue weighted by molar-refractivity contribution is -0.143. The summed E-state index contributed by atoms with van der Waals surface area (Å²) in [5.41, 5.74) is 3.01. The van der Waals surface area contributed by atoms with E-state index in [1.54, 1.807) is 68.6 Å². The van der Waals surface area contributed by atoms with Gasteiger partial charge in [0.05, 0.1) is 62.8 Å². The molecule has 6 N–H and O–H groups in total. The summed E-state index contributed by atoms with van der Waals surface area (Å²) in [4.78, 5) is 106. The standard InChI is InChI=1S/C26H29ClF3N5O4S.C25H27BrF2N4O5S.C25H27ClF2N4O5S/c1-3-39-25(38)21-19(12-35-11-15(9-26(29,30)14-35)10-34(2)13-20(36)37)32-23(24-31-6-7-40-24)33-22(21)17-5-4-16(28)8-18(17)27;2*1-2-37-25(35)21-19(11-32-9-14(7-16(28)10-32)12-36-13-20(33)34)30-23(24-29-5-6-38-24)31-22(21)17-4-3-15(27)8-18(17)26/h4-8,15,22H,3,9-14H2,1-2H3,(H,32,33)(H,36,37);2*3-6,8,14,16,22H,2,7,9-13H2,1H3,(H,30,31)(H,33,34). The number of likely N-dealkylation sites (tertiary alicyclic amines) is 3. The molecule has 3 fully saturated rings. The van der Waals surface area contributed by atoms with Crippen LogP contribution in [0.4, 0.5) is 30.7 Å². The van der Waals surface area contributed by atoms with E-state index >= 15 is 0 Å². The van der Waals surface area contributed by atoms with Gasteiger partial charge in [-0.15, -0.1) is 34.0 Å². The Morgan fingerprint density at radius 3 is 1.28 bits per heavy atom. The van der Waals surface area contributed by atoms with Gasteiger partial charge < -0.3 is 55.0 Å². The molecule has 0 bridgehead atoms. The number of piperidine rings is 3. The van der Waals surface area contributed by atoms with Gasteiger partial charge in [0.1, 0.15) is 61.1 Å². The van der Waals surface area contributed by atoms with Gasteiger partial charge in [-0.2, -0.15) is 0 Å². The average Bonchev–Trinajstić information content (AvgIpc) is 1.02. The number of carboxylic acid groups (broad SMARTS) is 3. The molecule has 0 radical (unpaired) electrons. The number of thiazole rings is 3. The Morgan fingerprint density at radius 1 is 0.552 bits per heavy atom. The van der Waals surface area contributed by atoms with Crippen molar-refractivity contribution >= 4 is 126 Å². The number of halogens is 10. The molecular weight excluding hydrogens is 1700 g/mol. The number of carboxylic acids is 3. The fourth-order valence-electron chi connectivity index (χ4n) is 14.2. The van der Waals surface area contributed by atoms with Gasteiger partial charge in [-0.3, -0.25) is 39.4 Å². The summed E-state index contributed by atoms with van der Waals surface area (Å²) >= 11 is 20.2. The summed E-state index contributed by atoms with van der Waals surface area (Å²) in [5.74, 6) is -9.56. The van der Waals surface area contributed by atoms with Crippen molar-refractivity contribution in [3.63, 3.8) is 0 Å². The van der Waals surface area contributed by atoms with Gasteiger partial charge in [-0.25, -0.2) is 69.7 Å². The molecular formula is C76H83BrCl2F7N13O14S3. The van der Waals surface area contributed by atoms with E-state index in [0.29, 0.717) is 83.9 Å². The number of esters is 3. The topological polar surface area (TPSA) is 334 Å². The molecule has 8 unspecified atom stereocenters. The number of carbonyl (C=O) groups is 6. The second kappa shape index (κ2) is 42.1. The van der Waals surface area contributed by atoms with Gasteiger partial charge in [-0.1, -0.05) is 57.3 Å². The second-order valence-electron chi connectivity index (χ2n) is 27.7. The molecule has 0 aliphatic carbocycles. The van der Waals surface area contributed by atoms with E-state index in [0.717, 1.165) is 12.1 Å². The number of amidine groups is 3. The van der Waals surface area contributed by atoms with Gasteiger partial charge in [0.15, 0.2) is 32.5 Å². The lowest BCUT2D eigenvalue weighted by Crippen LogP contribution is -2.51. The zero-order valence-corrected chi connectivity index (χ0v) is 68.5. The van der Waals surface area contributed by atoms with E-state index in [1.165, 1.54) is 80.2 Å². The van der Waals surface area contributed by atoms with Gasteiger partial charge in [0.2, 0.25) is 0 Å². The number of likely N-dealkylation sites (N-methyl/N-ethyl adjacent to an activating group) is 1. The van der Waals surface area contributed by atoms with E-state index in [9.17, 15) is 59.5 Å². The molecule has 3 aromatic carbocycles. The number of ether oxygens (including phenoxy) is 5. The second-order valence-corrected chi connectivity index (χ2v) is 32.0. The zero-order chi connectivity index (χ0) is 83.5. The number of aromatic nitrogens is 3. The minimum Gasteiger partial charge on any atom is -0.480 e. The molecule has 6 aliphatic rings. The fourth-order valence-corrected chi connectivity index (χ4v) is 17.1. The predicted octanol–water partition coefficient (Wildman–Crippen LogP) is 11.1. The van der Waals surface area contributed by atoms with Crippen LogP contribution in [-0.4, -0.2) is 247 Å². The minimum absolute atomic E-state index is 0.0429. The smallest absolute Gasteiger partial charge is 0.338 e. The summed E-state index contributed by atoms with van der Waals surface area (Å²) in [5, 5.41) is 43.4. The highest BCUT2D eigenvalue weighted by atomic mass is 79.9. The number of hydrogen-bond acceptors (Lipinski definition) is 27. The third-order valence-corrected chi connectivity index (χ3v) is 22.2. The van der Waals surface area contributed by atoms with Crippen molar-refractivity contribution in [3.05, 3.63) is 187 Å². The summed E-state index contributed by atoms with van der Waals surface area (Å²) in [7, 11) is 1.57. The van der Waals surface area contributed by atoms with Gasteiger partial charge in [0.25, 0.3) is 5.92 Å². The lowest BCUT2D eigenvalue weighted by Gasteiger charge is -2.40. The number of aliphatic carboxylic acids is 3. The molecule has 6 aromatic rings. The van der Waals surface area contributed by atoms with Crippen LogP contribution in [0.2, 0.25) is 10.0 Å². The number of nitrogens with zero attached hydrogens (tertiary/aromatic N) is 10. The highest BCUT2D eigenvalue weighted by Gasteiger charge is 2.44. The Morgan fingerprint density at radius 2 is 0.922 bits per heavy atom. The molecule has 27 nitrogen and oxygen atoms in total. The number of rotatable bonds is 30. The van der Waals surface area contributed by atoms with Crippen molar-refractivity contribution in [3.8, 4) is 0 Å². The maximum Gasteiger partial charge on any atom is 0.338 e. The molecule has 116 heavy (non-hydrogen) atoms. The Kier molecular flexibility index (Phi) is 32.6. The summed E-state index contributed by atoms with van der Waals surface area (Å²) in [6.45, 7) is 5.54. The SMILES string of the molecule is CCOC(=O)C1=C(CN2CC(CN(C)CC(=O)O)CC(F)(F)C2)NC(c2nccs2)=NC1c1ccc(F)cc1Cl.CCOC(=O)C1=C(CN2CC(F)CC(COCC(=O)O)C2)NC(c2nccs2)=NC1c1ccc(F)cc1Br.CCOC(=O)C1=C(CN2CC(F)CC(COCC(=O)O)C2)NC(c2nccs2)=NC1c1ccc(F)cc1Cl. The molecule has 624 valence electrons. The summed E-state index contributed by atoms with van der Waals surface area (Å²) in [6, 6.07) is 9.01. The van der Waals surface area contributed by atoms with Gasteiger partial charge in [-0.05, 0) is 100 Å². The minimum atomic E-state index is -3.03. The third kappa shape index (κ3) is 25.0. The van der Waals surface area contributed by atoms with Crippen LogP contribution in [-0.2, 0) is 52.5 Å². The number of benzene rings is 3. The normalized spacial score (nSPS) is 21.8. The molecule has 9 heterocycles. The van der Waals surface area contributed by atoms with Crippen molar-refractivity contribution in [2.75, 3.05) is 125 Å². The highest BCUT2D eigenvalue weighted by molar-refractivity contribution is 9.10. The van der Waals surface area contributed by atoms with Crippen LogP contribution < -0.4 is 16.0 Å². The zero-order valence-electron chi connectivity index (χ0n) is 62.9. The lowest BCUT2D eigenvalue weighted by atomic mass is 9.92. The first kappa shape index (κ1) is 89.7. The molecule has 0 amide bonds. The number of nitrogens with one attached hydrogen (secondary N) is 3. The quantitative estimate of drug-likeness (QED) is 0.0139. The molecule has 3 aromatic heterocycles. The third-order valence-electron chi connectivity index (χ3n) is 18.5. The molecule has 12 rings (SSSR count). The largest absolute Gasteiger partial charge is 0.480 e. The highest BCUT2D eigenvalue weighted by Crippen LogP contribution is 2.42. The number of aliphatic imine (C=N–C) groups is 3. The van der Waals surface area contributed by atoms with Crippen LogP contribution in [0.5, 0.6) is 0 Å². The van der Waals surface area contributed by atoms with E-state index in [2.05, 4.69) is 51.8 Å². The average molecular weight is 1780 g/mol. The van der Waals surface area contributed by atoms with E-state index in [1.807, 2.05) is 9.80 Å². The van der Waals surface area contributed by atoms with Crippen LogP contribution >= 0.6 is 73.1 Å². The first-order chi connectivity index (χ1) is 55.4. The van der Waals surface area contributed by atoms with Crippen molar-refractivity contribution in [1.29, 1.82) is 0 Å². The van der Waals surface area contributed by atoms with Crippen molar-refractivity contribution in [2.24, 2.45) is 32.7 Å². The van der Waals surface area contributed by atoms with Crippen LogP contribution in [0.25, 0.3) is 0 Å². The molecule has 0 saturated carbocycles. The van der Waals surface area contributed by atoms with Crippen molar-refractivity contribution in [1.82, 2.24) is 50.5 Å². The van der Waals surface area contributed by atoms with Gasteiger partial charge in [0, 0.05) is 143 Å². The molecule has 8 atom stereocenters. The van der Waals surface area contributed by atoms with Crippen LogP contribution in [0.1, 0.15) is 89.9 Å². The monoisotopic (exact) mass is 1780 g/mol. The van der Waals surface area contributed by atoms with E-state index in [4.69, 9.17) is 72.2 Å². The molecule has 0 spiro atoms. The van der Waals surface area contributed by atoms with E-state index in [-0.39, 0.29) is 143 Å². The predicted molar refractivity (Wildman–Crippen MR) is 422 cm³/mol.